The molecule has 0 fully saturated rings. The van der Waals surface area contributed by atoms with Crippen LogP contribution in [0.1, 0.15) is 25.3 Å². The number of ether oxygens (including phenoxy) is 1. The van der Waals surface area contributed by atoms with Crippen LogP contribution in [0.2, 0.25) is 0 Å². The largest absolute Gasteiger partial charge is 0.573 e. The fraction of sp³-hybridized carbons (Fsp3) is 0.208. The molecule has 0 saturated heterocycles. The number of hydrogen-bond acceptors (Lipinski definition) is 4. The molecule has 0 unspecified atom stereocenters. The average Bonchev–Trinajstić information content (AvgIpc) is 2.78. The van der Waals surface area contributed by atoms with Crippen molar-refractivity contribution in [3.8, 4) is 5.75 Å². The van der Waals surface area contributed by atoms with E-state index in [0.717, 1.165) is 22.0 Å². The lowest BCUT2D eigenvalue weighted by Crippen LogP contribution is -2.38. The summed E-state index contributed by atoms with van der Waals surface area (Å²) in [6, 6.07) is 19.1. The topological polar surface area (TPSA) is 75.7 Å². The van der Waals surface area contributed by atoms with Gasteiger partial charge in [-0.05, 0) is 60.0 Å². The Morgan fingerprint density at radius 3 is 2.06 bits per heavy atom. The number of sulfonamides is 1. The molecular formula is C24H23F3N2O4S. The van der Waals surface area contributed by atoms with E-state index in [-0.39, 0.29) is 16.5 Å². The highest BCUT2D eigenvalue weighted by atomic mass is 32.2. The second-order valence-corrected chi connectivity index (χ2v) is 9.55. The quantitative estimate of drug-likeness (QED) is 0.448. The predicted molar refractivity (Wildman–Crippen MR) is 123 cm³/mol. The van der Waals surface area contributed by atoms with Crippen LogP contribution in [-0.4, -0.2) is 27.2 Å². The Labute approximate surface area is 196 Å². The van der Waals surface area contributed by atoms with Gasteiger partial charge in [0.05, 0.1) is 10.6 Å². The van der Waals surface area contributed by atoms with Gasteiger partial charge in [-0.3, -0.25) is 9.10 Å². The summed E-state index contributed by atoms with van der Waals surface area (Å²) in [7, 11) is -4.07. The maximum atomic E-state index is 13.3. The number of halogens is 3. The summed E-state index contributed by atoms with van der Waals surface area (Å²) in [5.74, 6) is -0.873. The van der Waals surface area contributed by atoms with Crippen LogP contribution in [0.5, 0.6) is 5.75 Å². The molecule has 1 N–H and O–H groups in total. The molecule has 0 aliphatic rings. The summed E-state index contributed by atoms with van der Waals surface area (Å²) in [5.41, 5.74) is 1.50. The number of nitrogens with zero attached hydrogens (tertiary/aromatic N) is 1. The predicted octanol–water partition coefficient (Wildman–Crippen LogP) is 5.54. The molecule has 6 nitrogen and oxygen atoms in total. The first kappa shape index (κ1) is 25.1. The third kappa shape index (κ3) is 6.50. The number of anilines is 2. The van der Waals surface area contributed by atoms with Gasteiger partial charge in [-0.15, -0.1) is 13.2 Å². The maximum absolute atomic E-state index is 13.3. The Morgan fingerprint density at radius 2 is 1.53 bits per heavy atom. The Kier molecular flexibility index (Phi) is 7.51. The van der Waals surface area contributed by atoms with Gasteiger partial charge >= 0.3 is 6.36 Å². The Balaban J connectivity index is 1.84. The molecule has 10 heteroatoms. The average molecular weight is 493 g/mol. The number of alkyl halides is 3. The number of rotatable bonds is 8. The standard InChI is InChI=1S/C24H23F3N2O4S/c1-17(2)18-8-12-20(13-9-18)29(34(31,32)22-6-4-3-5-7-22)16-23(30)28-19-10-14-21(15-11-19)33-24(25,26)27/h3-15,17H,16H2,1-2H3,(H,28,30). The van der Waals surface area contributed by atoms with Gasteiger partial charge in [0.2, 0.25) is 5.91 Å². The zero-order valence-corrected chi connectivity index (χ0v) is 19.2. The lowest BCUT2D eigenvalue weighted by molar-refractivity contribution is -0.274. The summed E-state index contributed by atoms with van der Waals surface area (Å²) in [6.07, 6.45) is -4.83. The molecular weight excluding hydrogens is 469 g/mol. The molecule has 34 heavy (non-hydrogen) atoms. The molecule has 0 aliphatic heterocycles. The number of nitrogens with one attached hydrogen (secondary N) is 1. The molecule has 0 aliphatic carbocycles. The third-order valence-electron chi connectivity index (χ3n) is 4.84. The smallest absolute Gasteiger partial charge is 0.406 e. The van der Waals surface area contributed by atoms with E-state index in [1.807, 2.05) is 13.8 Å². The van der Waals surface area contributed by atoms with Gasteiger partial charge in [-0.25, -0.2) is 8.42 Å². The van der Waals surface area contributed by atoms with Crippen molar-refractivity contribution in [2.75, 3.05) is 16.2 Å². The van der Waals surface area contributed by atoms with Crippen molar-refractivity contribution in [3.63, 3.8) is 0 Å². The maximum Gasteiger partial charge on any atom is 0.573 e. The van der Waals surface area contributed by atoms with Crippen LogP contribution in [0.15, 0.2) is 83.8 Å². The van der Waals surface area contributed by atoms with E-state index in [2.05, 4.69) is 10.1 Å². The normalized spacial score (nSPS) is 11.8. The fourth-order valence-corrected chi connectivity index (χ4v) is 4.57. The second-order valence-electron chi connectivity index (χ2n) is 7.69. The fourth-order valence-electron chi connectivity index (χ4n) is 3.13. The van der Waals surface area contributed by atoms with Gasteiger partial charge in [-0.1, -0.05) is 44.2 Å². The summed E-state index contributed by atoms with van der Waals surface area (Å²) in [6.45, 7) is 3.47. The van der Waals surface area contributed by atoms with Gasteiger partial charge in [0, 0.05) is 5.69 Å². The van der Waals surface area contributed by atoms with Crippen molar-refractivity contribution in [1.82, 2.24) is 0 Å². The minimum Gasteiger partial charge on any atom is -0.406 e. The zero-order chi connectivity index (χ0) is 24.9. The first-order valence-corrected chi connectivity index (χ1v) is 11.7. The highest BCUT2D eigenvalue weighted by Crippen LogP contribution is 2.27. The summed E-state index contributed by atoms with van der Waals surface area (Å²) >= 11 is 0. The Hall–Kier alpha value is -3.53. The highest BCUT2D eigenvalue weighted by Gasteiger charge is 2.31. The van der Waals surface area contributed by atoms with Gasteiger partial charge in [0.25, 0.3) is 10.0 Å². The minimum absolute atomic E-state index is 0.0180. The molecule has 3 aromatic rings. The Morgan fingerprint density at radius 1 is 0.941 bits per heavy atom. The lowest BCUT2D eigenvalue weighted by atomic mass is 10.0. The van der Waals surface area contributed by atoms with E-state index < -0.39 is 34.6 Å². The minimum atomic E-state index is -4.83. The second kappa shape index (κ2) is 10.2. The van der Waals surface area contributed by atoms with E-state index in [9.17, 15) is 26.4 Å². The third-order valence-corrected chi connectivity index (χ3v) is 6.63. The van der Waals surface area contributed by atoms with Crippen molar-refractivity contribution in [1.29, 1.82) is 0 Å². The van der Waals surface area contributed by atoms with Gasteiger partial charge in [0.1, 0.15) is 12.3 Å². The highest BCUT2D eigenvalue weighted by molar-refractivity contribution is 7.92. The van der Waals surface area contributed by atoms with Crippen LogP contribution >= 0.6 is 0 Å². The number of hydrogen-bond donors (Lipinski definition) is 1. The van der Waals surface area contributed by atoms with Crippen molar-refractivity contribution in [3.05, 3.63) is 84.4 Å². The number of carbonyl (C=O) groups is 1. The zero-order valence-electron chi connectivity index (χ0n) is 18.4. The molecule has 0 atom stereocenters. The molecule has 0 saturated carbocycles. The molecule has 0 radical (unpaired) electrons. The van der Waals surface area contributed by atoms with Crippen molar-refractivity contribution < 1.29 is 31.1 Å². The van der Waals surface area contributed by atoms with Crippen molar-refractivity contribution in [2.45, 2.75) is 31.0 Å². The van der Waals surface area contributed by atoms with E-state index in [4.69, 9.17) is 0 Å². The van der Waals surface area contributed by atoms with Gasteiger partial charge < -0.3 is 10.1 Å². The van der Waals surface area contributed by atoms with Crippen LogP contribution in [0.3, 0.4) is 0 Å². The molecule has 0 spiro atoms. The van der Waals surface area contributed by atoms with E-state index in [0.29, 0.717) is 5.69 Å². The number of benzene rings is 3. The molecule has 3 aromatic carbocycles. The van der Waals surface area contributed by atoms with Gasteiger partial charge in [-0.2, -0.15) is 0 Å². The monoisotopic (exact) mass is 492 g/mol. The van der Waals surface area contributed by atoms with Crippen molar-refractivity contribution in [2.24, 2.45) is 0 Å². The number of carbonyl (C=O) groups excluding carboxylic acids is 1. The first-order chi connectivity index (χ1) is 16.0. The Bertz CT molecular complexity index is 1210. The van der Waals surface area contributed by atoms with E-state index in [1.54, 1.807) is 42.5 Å². The molecule has 0 heterocycles. The first-order valence-electron chi connectivity index (χ1n) is 10.3. The SMILES string of the molecule is CC(C)c1ccc(N(CC(=O)Nc2ccc(OC(F)(F)F)cc2)S(=O)(=O)c2ccccc2)cc1. The van der Waals surface area contributed by atoms with E-state index in [1.165, 1.54) is 24.3 Å². The van der Waals surface area contributed by atoms with Crippen LogP contribution in [0.25, 0.3) is 0 Å². The summed E-state index contributed by atoms with van der Waals surface area (Å²) < 4.78 is 68.4. The van der Waals surface area contributed by atoms with E-state index >= 15 is 0 Å². The summed E-state index contributed by atoms with van der Waals surface area (Å²) in [4.78, 5) is 12.8. The number of amides is 1. The molecule has 0 bridgehead atoms. The summed E-state index contributed by atoms with van der Waals surface area (Å²) in [5, 5.41) is 2.50. The van der Waals surface area contributed by atoms with Gasteiger partial charge in [0.15, 0.2) is 0 Å². The molecule has 1 amide bonds. The van der Waals surface area contributed by atoms with Crippen LogP contribution in [0.4, 0.5) is 24.5 Å². The van der Waals surface area contributed by atoms with Crippen LogP contribution in [-0.2, 0) is 14.8 Å². The van der Waals surface area contributed by atoms with Crippen LogP contribution < -0.4 is 14.4 Å². The lowest BCUT2D eigenvalue weighted by Gasteiger charge is -2.24. The van der Waals surface area contributed by atoms with Crippen molar-refractivity contribution >= 4 is 27.3 Å². The molecule has 3 rings (SSSR count). The molecule has 0 aromatic heterocycles. The molecule has 180 valence electrons. The van der Waals surface area contributed by atoms with Crippen LogP contribution in [0, 0.1) is 0 Å².